The van der Waals surface area contributed by atoms with Gasteiger partial charge in [0.15, 0.2) is 11.5 Å². The van der Waals surface area contributed by atoms with Gasteiger partial charge in [0.05, 0.1) is 20.8 Å². The highest BCUT2D eigenvalue weighted by atomic mass is 16.5. The number of carbonyl (C=O) groups is 2. The van der Waals surface area contributed by atoms with Crippen molar-refractivity contribution in [3.63, 3.8) is 0 Å². The first kappa shape index (κ1) is 20.8. The second-order valence-corrected chi connectivity index (χ2v) is 5.96. The molecule has 2 N–H and O–H groups in total. The SMILES string of the molecule is CCCCNC(=O)NC(=O)CN(C)Cc1cc(OC)c(OC)cc1C. The average molecular weight is 351 g/mol. The van der Waals surface area contributed by atoms with Gasteiger partial charge in [0, 0.05) is 13.1 Å². The number of hydrogen-bond donors (Lipinski definition) is 2. The Bertz CT molecular complexity index is 590. The van der Waals surface area contributed by atoms with Crippen LogP contribution in [0.4, 0.5) is 4.79 Å². The third-order valence-corrected chi connectivity index (χ3v) is 3.76. The minimum Gasteiger partial charge on any atom is -0.493 e. The first-order chi connectivity index (χ1) is 11.9. The van der Waals surface area contributed by atoms with E-state index in [1.165, 1.54) is 0 Å². The molecule has 1 aromatic rings. The summed E-state index contributed by atoms with van der Waals surface area (Å²) in [5, 5.41) is 4.99. The summed E-state index contributed by atoms with van der Waals surface area (Å²) in [7, 11) is 5.01. The van der Waals surface area contributed by atoms with Crippen molar-refractivity contribution in [1.29, 1.82) is 0 Å². The fourth-order valence-electron chi connectivity index (χ4n) is 2.37. The lowest BCUT2D eigenvalue weighted by Gasteiger charge is -2.19. The molecule has 7 nitrogen and oxygen atoms in total. The van der Waals surface area contributed by atoms with E-state index in [4.69, 9.17) is 9.47 Å². The highest BCUT2D eigenvalue weighted by molar-refractivity contribution is 5.95. The van der Waals surface area contributed by atoms with Crippen molar-refractivity contribution < 1.29 is 19.1 Å². The molecule has 0 aliphatic heterocycles. The number of benzene rings is 1. The zero-order valence-corrected chi connectivity index (χ0v) is 15.8. The second kappa shape index (κ2) is 10.6. The molecule has 0 aromatic heterocycles. The van der Waals surface area contributed by atoms with E-state index < -0.39 is 6.03 Å². The van der Waals surface area contributed by atoms with E-state index in [0.717, 1.165) is 24.0 Å². The standard InChI is InChI=1S/C18H29N3O4/c1-6-7-8-19-18(23)20-17(22)12-21(3)11-14-10-16(25-5)15(24-4)9-13(14)2/h9-10H,6-8,11-12H2,1-5H3,(H2,19,20,22,23). The van der Waals surface area contributed by atoms with Crippen molar-refractivity contribution in [1.82, 2.24) is 15.5 Å². The Hall–Kier alpha value is -2.28. The number of methoxy groups -OCH3 is 2. The Morgan fingerprint density at radius 1 is 1.16 bits per heavy atom. The molecule has 0 saturated heterocycles. The molecular weight excluding hydrogens is 322 g/mol. The number of unbranched alkanes of at least 4 members (excludes halogenated alkanes) is 1. The minimum absolute atomic E-state index is 0.120. The van der Waals surface area contributed by atoms with Crippen LogP contribution < -0.4 is 20.1 Å². The molecule has 3 amide bonds. The van der Waals surface area contributed by atoms with Crippen LogP contribution >= 0.6 is 0 Å². The maximum atomic E-state index is 11.9. The maximum Gasteiger partial charge on any atom is 0.321 e. The van der Waals surface area contributed by atoms with E-state index in [0.29, 0.717) is 24.6 Å². The summed E-state index contributed by atoms with van der Waals surface area (Å²) in [6.07, 6.45) is 1.88. The van der Waals surface area contributed by atoms with E-state index in [1.807, 2.05) is 37.9 Å². The molecular formula is C18H29N3O4. The first-order valence-corrected chi connectivity index (χ1v) is 8.39. The molecule has 7 heteroatoms. The zero-order valence-electron chi connectivity index (χ0n) is 15.8. The van der Waals surface area contributed by atoms with Crippen LogP contribution in [0.1, 0.15) is 30.9 Å². The number of likely N-dealkylation sites (N-methyl/N-ethyl adjacent to an activating group) is 1. The normalized spacial score (nSPS) is 10.5. The van der Waals surface area contributed by atoms with Gasteiger partial charge in [0.1, 0.15) is 0 Å². The number of ether oxygens (including phenoxy) is 2. The van der Waals surface area contributed by atoms with Crippen LogP contribution in [-0.2, 0) is 11.3 Å². The summed E-state index contributed by atoms with van der Waals surface area (Å²) in [6.45, 7) is 5.25. The van der Waals surface area contributed by atoms with Crippen LogP contribution in [0.25, 0.3) is 0 Å². The Morgan fingerprint density at radius 2 is 1.80 bits per heavy atom. The first-order valence-electron chi connectivity index (χ1n) is 8.39. The monoisotopic (exact) mass is 351 g/mol. The molecule has 1 rings (SSSR count). The largest absolute Gasteiger partial charge is 0.493 e. The average Bonchev–Trinajstić information content (AvgIpc) is 2.56. The molecule has 0 fully saturated rings. The highest BCUT2D eigenvalue weighted by Gasteiger charge is 2.13. The molecule has 0 aliphatic rings. The van der Waals surface area contributed by atoms with Crippen LogP contribution in [0.15, 0.2) is 12.1 Å². The molecule has 0 bridgehead atoms. The number of amides is 3. The van der Waals surface area contributed by atoms with Crippen molar-refractivity contribution >= 4 is 11.9 Å². The number of imide groups is 1. The van der Waals surface area contributed by atoms with Gasteiger partial charge in [-0.1, -0.05) is 13.3 Å². The van der Waals surface area contributed by atoms with E-state index in [2.05, 4.69) is 10.6 Å². The number of rotatable bonds is 9. The quantitative estimate of drug-likeness (QED) is 0.666. The molecule has 0 radical (unpaired) electrons. The topological polar surface area (TPSA) is 79.9 Å². The Morgan fingerprint density at radius 3 is 2.40 bits per heavy atom. The molecule has 0 atom stereocenters. The summed E-state index contributed by atoms with van der Waals surface area (Å²) in [4.78, 5) is 25.4. The minimum atomic E-state index is -0.450. The second-order valence-electron chi connectivity index (χ2n) is 5.96. The van der Waals surface area contributed by atoms with Gasteiger partial charge >= 0.3 is 6.03 Å². The summed E-state index contributed by atoms with van der Waals surface area (Å²) in [5.74, 6) is 0.985. The molecule has 0 aliphatic carbocycles. The smallest absolute Gasteiger partial charge is 0.321 e. The Kier molecular flexibility index (Phi) is 8.77. The third kappa shape index (κ3) is 7.01. The summed E-state index contributed by atoms with van der Waals surface area (Å²) >= 11 is 0. The van der Waals surface area contributed by atoms with Gasteiger partial charge in [-0.3, -0.25) is 15.0 Å². The van der Waals surface area contributed by atoms with E-state index in [-0.39, 0.29) is 12.5 Å². The van der Waals surface area contributed by atoms with Gasteiger partial charge in [-0.25, -0.2) is 4.79 Å². The van der Waals surface area contributed by atoms with E-state index in [9.17, 15) is 9.59 Å². The fraction of sp³-hybridized carbons (Fsp3) is 0.556. The molecule has 0 heterocycles. The van der Waals surface area contributed by atoms with Crippen molar-refractivity contribution in [3.05, 3.63) is 23.3 Å². The number of hydrogen-bond acceptors (Lipinski definition) is 5. The molecule has 25 heavy (non-hydrogen) atoms. The van der Waals surface area contributed by atoms with E-state index >= 15 is 0 Å². The van der Waals surface area contributed by atoms with Gasteiger partial charge in [-0.15, -0.1) is 0 Å². The summed E-state index contributed by atoms with van der Waals surface area (Å²) in [6, 6.07) is 3.36. The van der Waals surface area contributed by atoms with Gasteiger partial charge in [-0.2, -0.15) is 0 Å². The number of nitrogens with zero attached hydrogens (tertiary/aromatic N) is 1. The fourth-order valence-corrected chi connectivity index (χ4v) is 2.37. The number of carbonyl (C=O) groups excluding carboxylic acids is 2. The van der Waals surface area contributed by atoms with Gasteiger partial charge in [0.2, 0.25) is 5.91 Å². The molecule has 0 unspecified atom stereocenters. The van der Waals surface area contributed by atoms with Crippen LogP contribution in [0.5, 0.6) is 11.5 Å². The summed E-state index contributed by atoms with van der Waals surface area (Å²) < 4.78 is 10.6. The predicted molar refractivity (Wildman–Crippen MR) is 97.1 cm³/mol. The number of aryl methyl sites for hydroxylation is 1. The lowest BCUT2D eigenvalue weighted by molar-refractivity contribution is -0.120. The van der Waals surface area contributed by atoms with Gasteiger partial charge in [-0.05, 0) is 43.7 Å². The molecule has 1 aromatic carbocycles. The van der Waals surface area contributed by atoms with Crippen molar-refractivity contribution in [2.75, 3.05) is 34.4 Å². The molecule has 140 valence electrons. The van der Waals surface area contributed by atoms with Crippen LogP contribution in [0.3, 0.4) is 0 Å². The van der Waals surface area contributed by atoms with Gasteiger partial charge < -0.3 is 14.8 Å². The van der Waals surface area contributed by atoms with Crippen molar-refractivity contribution in [3.8, 4) is 11.5 Å². The Labute approximate surface area is 149 Å². The molecule has 0 spiro atoms. The lowest BCUT2D eigenvalue weighted by Crippen LogP contribution is -2.43. The van der Waals surface area contributed by atoms with Gasteiger partial charge in [0.25, 0.3) is 0 Å². The predicted octanol–water partition coefficient (Wildman–Crippen LogP) is 2.07. The van der Waals surface area contributed by atoms with Crippen molar-refractivity contribution in [2.45, 2.75) is 33.2 Å². The zero-order chi connectivity index (χ0) is 18.8. The van der Waals surface area contributed by atoms with Crippen molar-refractivity contribution in [2.24, 2.45) is 0 Å². The summed E-state index contributed by atoms with van der Waals surface area (Å²) in [5.41, 5.74) is 2.07. The van der Waals surface area contributed by atoms with Crippen LogP contribution in [0, 0.1) is 6.92 Å². The number of nitrogens with one attached hydrogen (secondary N) is 2. The lowest BCUT2D eigenvalue weighted by atomic mass is 10.1. The van der Waals surface area contributed by atoms with Crippen LogP contribution in [0.2, 0.25) is 0 Å². The molecule has 0 saturated carbocycles. The van der Waals surface area contributed by atoms with E-state index in [1.54, 1.807) is 14.2 Å². The number of urea groups is 1. The van der Waals surface area contributed by atoms with Crippen LogP contribution in [-0.4, -0.2) is 51.2 Å². The third-order valence-electron chi connectivity index (χ3n) is 3.76. The highest BCUT2D eigenvalue weighted by Crippen LogP contribution is 2.30. The Balaban J connectivity index is 2.57. The maximum absolute atomic E-state index is 11.9.